The molecule has 0 bridgehead atoms. The van der Waals surface area contributed by atoms with E-state index in [1.165, 1.54) is 18.3 Å². The molecule has 1 amide bonds. The predicted molar refractivity (Wildman–Crippen MR) is 92.2 cm³/mol. The molecule has 4 heteroatoms. The van der Waals surface area contributed by atoms with Crippen LogP contribution in [-0.4, -0.2) is 11.7 Å². The van der Waals surface area contributed by atoms with E-state index in [1.54, 1.807) is 0 Å². The second-order valence-corrected chi connectivity index (χ2v) is 7.00. The van der Waals surface area contributed by atoms with Gasteiger partial charge in [-0.3, -0.25) is 9.59 Å². The second-order valence-electron chi connectivity index (χ2n) is 5.77. The van der Waals surface area contributed by atoms with Gasteiger partial charge in [0, 0.05) is 17.4 Å². The lowest BCUT2D eigenvalue weighted by molar-refractivity contribution is -0.114. The Hall–Kier alpha value is -1.94. The molecule has 0 aliphatic rings. The lowest BCUT2D eigenvalue weighted by Gasteiger charge is -2.12. The van der Waals surface area contributed by atoms with Gasteiger partial charge in [-0.15, -0.1) is 11.3 Å². The number of carbonyl (C=O) groups is 2. The third kappa shape index (κ3) is 2.97. The van der Waals surface area contributed by atoms with Crippen molar-refractivity contribution in [3.05, 3.63) is 50.4 Å². The number of hydrogen-bond donors (Lipinski definition) is 1. The molecule has 0 saturated carbocycles. The van der Waals surface area contributed by atoms with Crippen molar-refractivity contribution in [1.29, 1.82) is 0 Å². The highest BCUT2D eigenvalue weighted by atomic mass is 32.1. The summed E-state index contributed by atoms with van der Waals surface area (Å²) in [6.45, 7) is 11.3. The van der Waals surface area contributed by atoms with Gasteiger partial charge < -0.3 is 5.32 Å². The number of rotatable bonds is 3. The van der Waals surface area contributed by atoms with E-state index < -0.39 is 0 Å². The number of benzene rings is 1. The Morgan fingerprint density at radius 1 is 0.955 bits per heavy atom. The van der Waals surface area contributed by atoms with E-state index in [4.69, 9.17) is 0 Å². The zero-order valence-electron chi connectivity index (χ0n) is 13.9. The number of nitrogens with one attached hydrogen (secondary N) is 1. The molecule has 2 aromatic rings. The van der Waals surface area contributed by atoms with Crippen LogP contribution in [0.1, 0.15) is 50.0 Å². The van der Waals surface area contributed by atoms with Crippen LogP contribution < -0.4 is 5.32 Å². The standard InChI is InChI=1S/C18H21NO2S/c1-9-7-10(2)15(11(3)8-9)17(21)16-12(4)13(5)22-18(16)19-14(6)20/h7-8H,1-6H3,(H,19,20). The molecular formula is C18H21NO2S. The quantitative estimate of drug-likeness (QED) is 0.849. The average molecular weight is 315 g/mol. The summed E-state index contributed by atoms with van der Waals surface area (Å²) in [4.78, 5) is 25.5. The number of ketones is 1. The van der Waals surface area contributed by atoms with Crippen molar-refractivity contribution in [1.82, 2.24) is 0 Å². The van der Waals surface area contributed by atoms with Gasteiger partial charge in [0.2, 0.25) is 5.91 Å². The van der Waals surface area contributed by atoms with Gasteiger partial charge in [-0.25, -0.2) is 0 Å². The number of thiophene rings is 1. The molecule has 2 rings (SSSR count). The van der Waals surface area contributed by atoms with Gasteiger partial charge >= 0.3 is 0 Å². The summed E-state index contributed by atoms with van der Waals surface area (Å²) in [5.41, 5.74) is 5.38. The molecule has 1 aromatic carbocycles. The normalized spacial score (nSPS) is 10.6. The van der Waals surface area contributed by atoms with Gasteiger partial charge in [0.25, 0.3) is 0 Å². The minimum absolute atomic E-state index is 0.0133. The summed E-state index contributed by atoms with van der Waals surface area (Å²) in [7, 11) is 0. The Labute approximate surface area is 135 Å². The Kier molecular flexibility index (Phi) is 4.52. The number of aryl methyl sites for hydroxylation is 4. The maximum Gasteiger partial charge on any atom is 0.221 e. The highest BCUT2D eigenvalue weighted by molar-refractivity contribution is 7.16. The smallest absolute Gasteiger partial charge is 0.221 e. The highest BCUT2D eigenvalue weighted by Gasteiger charge is 2.24. The van der Waals surface area contributed by atoms with Crippen molar-refractivity contribution in [2.45, 2.75) is 41.5 Å². The second kappa shape index (κ2) is 6.05. The third-order valence-electron chi connectivity index (χ3n) is 3.81. The fourth-order valence-electron chi connectivity index (χ4n) is 2.81. The Bertz CT molecular complexity index is 749. The molecule has 3 nitrogen and oxygen atoms in total. The first-order chi connectivity index (χ1) is 10.2. The molecule has 0 unspecified atom stereocenters. The van der Waals surface area contributed by atoms with E-state index in [1.807, 2.05) is 46.8 Å². The molecule has 116 valence electrons. The van der Waals surface area contributed by atoms with Crippen molar-refractivity contribution < 1.29 is 9.59 Å². The fourth-order valence-corrected chi connectivity index (χ4v) is 3.92. The van der Waals surface area contributed by atoms with E-state index in [0.29, 0.717) is 10.6 Å². The van der Waals surface area contributed by atoms with E-state index in [0.717, 1.165) is 32.7 Å². The lowest BCUT2D eigenvalue weighted by Crippen LogP contribution is -2.12. The highest BCUT2D eigenvalue weighted by Crippen LogP contribution is 2.35. The van der Waals surface area contributed by atoms with Crippen LogP contribution in [0, 0.1) is 34.6 Å². The summed E-state index contributed by atoms with van der Waals surface area (Å²) in [5, 5.41) is 3.44. The van der Waals surface area contributed by atoms with Crippen LogP contribution in [0.15, 0.2) is 12.1 Å². The van der Waals surface area contributed by atoms with Gasteiger partial charge in [-0.2, -0.15) is 0 Å². The van der Waals surface area contributed by atoms with Gasteiger partial charge in [0.05, 0.1) is 5.56 Å². The van der Waals surface area contributed by atoms with Crippen molar-refractivity contribution >= 4 is 28.0 Å². The van der Waals surface area contributed by atoms with Crippen molar-refractivity contribution in [2.75, 3.05) is 5.32 Å². The first-order valence-corrected chi connectivity index (χ1v) is 8.04. The van der Waals surface area contributed by atoms with E-state index >= 15 is 0 Å². The molecule has 1 N–H and O–H groups in total. The van der Waals surface area contributed by atoms with Crippen LogP contribution in [0.4, 0.5) is 5.00 Å². The SMILES string of the molecule is CC(=O)Nc1sc(C)c(C)c1C(=O)c1c(C)cc(C)cc1C. The monoisotopic (exact) mass is 315 g/mol. The predicted octanol–water partition coefficient (Wildman–Crippen LogP) is 4.48. The zero-order chi connectivity index (χ0) is 16.6. The molecule has 1 aromatic heterocycles. The van der Waals surface area contributed by atoms with Gasteiger partial charge in [0.1, 0.15) is 5.00 Å². The van der Waals surface area contributed by atoms with Crippen LogP contribution in [-0.2, 0) is 4.79 Å². The molecule has 0 atom stereocenters. The molecule has 0 aliphatic heterocycles. The van der Waals surface area contributed by atoms with Gasteiger partial charge in [0.15, 0.2) is 5.78 Å². The maximum atomic E-state index is 13.1. The Morgan fingerprint density at radius 2 is 1.50 bits per heavy atom. The number of anilines is 1. The van der Waals surface area contributed by atoms with E-state index in [2.05, 4.69) is 5.32 Å². The number of carbonyl (C=O) groups excluding carboxylic acids is 2. The summed E-state index contributed by atoms with van der Waals surface area (Å²) in [6, 6.07) is 4.04. The maximum absolute atomic E-state index is 13.1. The number of amides is 1. The van der Waals surface area contributed by atoms with E-state index in [-0.39, 0.29) is 11.7 Å². The summed E-state index contributed by atoms with van der Waals surface area (Å²) < 4.78 is 0. The van der Waals surface area contributed by atoms with Crippen molar-refractivity contribution in [2.24, 2.45) is 0 Å². The van der Waals surface area contributed by atoms with Crippen LogP contribution >= 0.6 is 11.3 Å². The molecule has 0 aliphatic carbocycles. The molecule has 0 saturated heterocycles. The Morgan fingerprint density at radius 3 is 2.00 bits per heavy atom. The molecule has 0 radical (unpaired) electrons. The Balaban J connectivity index is 2.62. The van der Waals surface area contributed by atoms with Crippen LogP contribution in [0.2, 0.25) is 0 Å². The first kappa shape index (κ1) is 16.4. The fraction of sp³-hybridized carbons (Fsp3) is 0.333. The van der Waals surface area contributed by atoms with Crippen molar-refractivity contribution in [3.8, 4) is 0 Å². The molecule has 1 heterocycles. The van der Waals surface area contributed by atoms with Crippen LogP contribution in [0.3, 0.4) is 0 Å². The molecular weight excluding hydrogens is 294 g/mol. The zero-order valence-corrected chi connectivity index (χ0v) is 14.7. The lowest BCUT2D eigenvalue weighted by atomic mass is 9.92. The van der Waals surface area contributed by atoms with Crippen LogP contribution in [0.25, 0.3) is 0 Å². The van der Waals surface area contributed by atoms with Crippen LogP contribution in [0.5, 0.6) is 0 Å². The first-order valence-electron chi connectivity index (χ1n) is 7.22. The average Bonchev–Trinajstić information content (AvgIpc) is 2.62. The minimum atomic E-state index is -0.160. The topological polar surface area (TPSA) is 46.2 Å². The largest absolute Gasteiger partial charge is 0.317 e. The van der Waals surface area contributed by atoms with E-state index in [9.17, 15) is 9.59 Å². The number of hydrogen-bond acceptors (Lipinski definition) is 3. The molecule has 22 heavy (non-hydrogen) atoms. The summed E-state index contributed by atoms with van der Waals surface area (Å²) in [6.07, 6.45) is 0. The molecule has 0 spiro atoms. The van der Waals surface area contributed by atoms with Gasteiger partial charge in [-0.05, 0) is 51.3 Å². The molecule has 0 fully saturated rings. The summed E-state index contributed by atoms with van der Waals surface area (Å²) in [5.74, 6) is -0.173. The minimum Gasteiger partial charge on any atom is -0.317 e. The third-order valence-corrected chi connectivity index (χ3v) is 4.93. The van der Waals surface area contributed by atoms with Gasteiger partial charge in [-0.1, -0.05) is 17.7 Å². The van der Waals surface area contributed by atoms with Crippen molar-refractivity contribution in [3.63, 3.8) is 0 Å². The summed E-state index contributed by atoms with van der Waals surface area (Å²) >= 11 is 1.45.